The Balaban J connectivity index is 0.00000242. The monoisotopic (exact) mass is 338 g/mol. The summed E-state index contributed by atoms with van der Waals surface area (Å²) >= 11 is 1.71. The molecular formula is C17H23ClN2OS. The third kappa shape index (κ3) is 4.63. The highest BCUT2D eigenvalue weighted by Gasteiger charge is 2.18. The van der Waals surface area contributed by atoms with Crippen LogP contribution in [0, 0.1) is 0 Å². The van der Waals surface area contributed by atoms with Crippen LogP contribution in [0.4, 0.5) is 0 Å². The molecule has 120 valence electrons. The second kappa shape index (κ2) is 9.03. The van der Waals surface area contributed by atoms with E-state index < -0.39 is 6.04 Å². The minimum atomic E-state index is -0.405. The van der Waals surface area contributed by atoms with E-state index in [1.807, 2.05) is 31.5 Å². The van der Waals surface area contributed by atoms with Gasteiger partial charge in [-0.1, -0.05) is 42.5 Å². The second-order valence-electron chi connectivity index (χ2n) is 5.22. The van der Waals surface area contributed by atoms with Gasteiger partial charge in [0, 0.05) is 13.6 Å². The van der Waals surface area contributed by atoms with Crippen molar-refractivity contribution in [3.8, 4) is 0 Å². The van der Waals surface area contributed by atoms with Crippen molar-refractivity contribution in [1.82, 2.24) is 4.90 Å². The predicted octanol–water partition coefficient (Wildman–Crippen LogP) is 3.30. The number of carbonyl (C=O) groups is 1. The van der Waals surface area contributed by atoms with E-state index in [1.54, 1.807) is 16.7 Å². The van der Waals surface area contributed by atoms with Crippen molar-refractivity contribution in [2.24, 2.45) is 5.73 Å². The van der Waals surface area contributed by atoms with Gasteiger partial charge in [-0.05, 0) is 34.8 Å². The molecule has 0 saturated heterocycles. The highest BCUT2D eigenvalue weighted by molar-refractivity contribution is 7.98. The summed E-state index contributed by atoms with van der Waals surface area (Å²) in [4.78, 5) is 14.0. The number of benzene rings is 2. The van der Waals surface area contributed by atoms with E-state index in [2.05, 4.69) is 24.3 Å². The number of fused-ring (bicyclic) bond motifs is 1. The number of nitrogens with zero attached hydrogens (tertiary/aromatic N) is 1. The molecule has 5 heteroatoms. The minimum Gasteiger partial charge on any atom is -0.340 e. The van der Waals surface area contributed by atoms with Crippen LogP contribution in [-0.2, 0) is 11.3 Å². The van der Waals surface area contributed by atoms with Crippen LogP contribution in [0.5, 0.6) is 0 Å². The number of hydrogen-bond acceptors (Lipinski definition) is 3. The van der Waals surface area contributed by atoms with Crippen LogP contribution in [-0.4, -0.2) is 35.9 Å². The molecule has 0 unspecified atom stereocenters. The number of rotatable bonds is 6. The normalized spacial score (nSPS) is 11.8. The van der Waals surface area contributed by atoms with Crippen LogP contribution < -0.4 is 5.73 Å². The predicted molar refractivity (Wildman–Crippen MR) is 98.6 cm³/mol. The topological polar surface area (TPSA) is 46.3 Å². The summed E-state index contributed by atoms with van der Waals surface area (Å²) in [5.41, 5.74) is 7.12. The third-order valence-corrected chi connectivity index (χ3v) is 4.26. The summed E-state index contributed by atoms with van der Waals surface area (Å²) in [6.45, 7) is 0.590. The quantitative estimate of drug-likeness (QED) is 0.879. The number of carbonyl (C=O) groups excluding carboxylic acids is 1. The van der Waals surface area contributed by atoms with E-state index in [0.29, 0.717) is 6.54 Å². The Morgan fingerprint density at radius 1 is 1.23 bits per heavy atom. The Kier molecular flexibility index (Phi) is 7.73. The fraction of sp³-hybridized carbons (Fsp3) is 0.353. The van der Waals surface area contributed by atoms with Crippen molar-refractivity contribution >= 4 is 40.8 Å². The maximum Gasteiger partial charge on any atom is 0.239 e. The summed E-state index contributed by atoms with van der Waals surface area (Å²) in [5.74, 6) is 0.923. The first-order valence-corrected chi connectivity index (χ1v) is 8.49. The van der Waals surface area contributed by atoms with Crippen LogP contribution in [0.1, 0.15) is 12.0 Å². The Labute approximate surface area is 142 Å². The smallest absolute Gasteiger partial charge is 0.239 e. The van der Waals surface area contributed by atoms with Gasteiger partial charge in [-0.3, -0.25) is 4.79 Å². The number of nitrogens with two attached hydrogens (primary N) is 1. The number of amides is 1. The van der Waals surface area contributed by atoms with Gasteiger partial charge in [0.15, 0.2) is 0 Å². The van der Waals surface area contributed by atoms with Gasteiger partial charge in [-0.15, -0.1) is 12.4 Å². The van der Waals surface area contributed by atoms with Gasteiger partial charge in [0.05, 0.1) is 6.04 Å². The van der Waals surface area contributed by atoms with Gasteiger partial charge < -0.3 is 10.6 Å². The average molecular weight is 339 g/mol. The van der Waals surface area contributed by atoms with Gasteiger partial charge >= 0.3 is 0 Å². The van der Waals surface area contributed by atoms with Gasteiger partial charge in [0.1, 0.15) is 0 Å². The molecule has 2 aromatic carbocycles. The van der Waals surface area contributed by atoms with E-state index in [0.717, 1.165) is 17.7 Å². The summed E-state index contributed by atoms with van der Waals surface area (Å²) < 4.78 is 0. The number of halogens is 1. The van der Waals surface area contributed by atoms with Crippen LogP contribution >= 0.6 is 24.2 Å². The molecule has 0 heterocycles. The zero-order valence-corrected chi connectivity index (χ0v) is 14.6. The lowest BCUT2D eigenvalue weighted by Crippen LogP contribution is -2.41. The minimum absolute atomic E-state index is 0. The van der Waals surface area contributed by atoms with Crippen molar-refractivity contribution in [2.45, 2.75) is 19.0 Å². The van der Waals surface area contributed by atoms with E-state index >= 15 is 0 Å². The third-order valence-electron chi connectivity index (χ3n) is 3.61. The molecule has 2 aromatic rings. The molecule has 3 nitrogen and oxygen atoms in total. The molecule has 0 bridgehead atoms. The summed E-state index contributed by atoms with van der Waals surface area (Å²) in [6, 6.07) is 14.0. The van der Waals surface area contributed by atoms with E-state index in [9.17, 15) is 4.79 Å². The van der Waals surface area contributed by atoms with Gasteiger partial charge in [0.25, 0.3) is 0 Å². The molecule has 0 radical (unpaired) electrons. The molecule has 2 rings (SSSR count). The van der Waals surface area contributed by atoms with Crippen molar-refractivity contribution in [3.05, 3.63) is 48.0 Å². The molecule has 1 amide bonds. The Morgan fingerprint density at radius 2 is 1.91 bits per heavy atom. The largest absolute Gasteiger partial charge is 0.340 e. The first-order valence-electron chi connectivity index (χ1n) is 7.09. The molecule has 0 aromatic heterocycles. The van der Waals surface area contributed by atoms with E-state index in [4.69, 9.17) is 5.73 Å². The molecule has 22 heavy (non-hydrogen) atoms. The summed E-state index contributed by atoms with van der Waals surface area (Å²) in [6.07, 6.45) is 2.75. The van der Waals surface area contributed by atoms with Crippen LogP contribution in [0.15, 0.2) is 42.5 Å². The summed E-state index contributed by atoms with van der Waals surface area (Å²) in [5, 5.41) is 2.39. The van der Waals surface area contributed by atoms with Gasteiger partial charge in [0.2, 0.25) is 5.91 Å². The fourth-order valence-corrected chi connectivity index (χ4v) is 2.90. The Morgan fingerprint density at radius 3 is 2.64 bits per heavy atom. The molecular weight excluding hydrogens is 316 g/mol. The first kappa shape index (κ1) is 18.8. The zero-order valence-electron chi connectivity index (χ0n) is 13.0. The molecule has 0 aliphatic carbocycles. The highest BCUT2D eigenvalue weighted by Crippen LogP contribution is 2.19. The molecule has 0 saturated carbocycles. The molecule has 0 spiro atoms. The zero-order chi connectivity index (χ0) is 15.2. The lowest BCUT2D eigenvalue weighted by molar-refractivity contribution is -0.131. The Hall–Kier alpha value is -1.23. The van der Waals surface area contributed by atoms with Crippen LogP contribution in [0.25, 0.3) is 10.8 Å². The van der Waals surface area contributed by atoms with Gasteiger partial charge in [-0.2, -0.15) is 11.8 Å². The maximum absolute atomic E-state index is 12.3. The summed E-state index contributed by atoms with van der Waals surface area (Å²) in [7, 11) is 1.82. The first-order chi connectivity index (χ1) is 10.1. The Bertz CT molecular complexity index is 615. The lowest BCUT2D eigenvalue weighted by Gasteiger charge is -2.22. The fourth-order valence-electron chi connectivity index (χ4n) is 2.42. The van der Waals surface area contributed by atoms with Crippen LogP contribution in [0.2, 0.25) is 0 Å². The molecule has 0 fully saturated rings. The van der Waals surface area contributed by atoms with Crippen molar-refractivity contribution in [3.63, 3.8) is 0 Å². The van der Waals surface area contributed by atoms with Crippen molar-refractivity contribution in [1.29, 1.82) is 0 Å². The maximum atomic E-state index is 12.3. The SMILES string of the molecule is CSCC[C@H](N)C(=O)N(C)Cc1cccc2ccccc12.Cl. The number of hydrogen-bond donors (Lipinski definition) is 1. The highest BCUT2D eigenvalue weighted by atomic mass is 35.5. The number of thioether (sulfide) groups is 1. The second-order valence-corrected chi connectivity index (χ2v) is 6.21. The average Bonchev–Trinajstić information content (AvgIpc) is 2.52. The molecule has 0 aliphatic heterocycles. The van der Waals surface area contributed by atoms with Gasteiger partial charge in [-0.25, -0.2) is 0 Å². The van der Waals surface area contributed by atoms with Crippen molar-refractivity contribution < 1.29 is 4.79 Å². The van der Waals surface area contributed by atoms with Crippen molar-refractivity contribution in [2.75, 3.05) is 19.1 Å². The standard InChI is InChI=1S/C17H22N2OS.ClH/c1-19(17(20)16(18)10-11-21-2)12-14-8-5-7-13-6-3-4-9-15(13)14;/h3-9,16H,10-12,18H2,1-2H3;1H/t16-;/m0./s1. The molecule has 1 atom stereocenters. The number of likely N-dealkylation sites (N-methyl/N-ethyl adjacent to an activating group) is 1. The molecule has 2 N–H and O–H groups in total. The molecule has 0 aliphatic rings. The lowest BCUT2D eigenvalue weighted by atomic mass is 10.0. The van der Waals surface area contributed by atoms with E-state index in [1.165, 1.54) is 10.8 Å². The van der Waals surface area contributed by atoms with E-state index in [-0.39, 0.29) is 18.3 Å². The van der Waals surface area contributed by atoms with Crippen LogP contribution in [0.3, 0.4) is 0 Å².